The first-order chi connectivity index (χ1) is 13.5. The molecule has 2 N–H and O–H groups in total. The monoisotopic (exact) mass is 407 g/mol. The number of amides is 2. The minimum atomic E-state index is -3.60. The van der Waals surface area contributed by atoms with Gasteiger partial charge in [-0.15, -0.1) is 0 Å². The van der Waals surface area contributed by atoms with Crippen LogP contribution in [-0.4, -0.2) is 73.5 Å². The molecule has 1 aromatic heterocycles. The number of carbonyl (C=O) groups is 1. The first-order valence-corrected chi connectivity index (χ1v) is 10.6. The molecule has 3 rings (SSSR count). The maximum atomic E-state index is 12.6. The van der Waals surface area contributed by atoms with E-state index in [1.807, 2.05) is 24.3 Å². The van der Waals surface area contributed by atoms with Crippen molar-refractivity contribution in [1.82, 2.24) is 24.5 Å². The van der Waals surface area contributed by atoms with E-state index in [1.165, 1.54) is 16.8 Å². The molecule has 0 bridgehead atoms. The fourth-order valence-electron chi connectivity index (χ4n) is 3.08. The van der Waals surface area contributed by atoms with Gasteiger partial charge in [0.1, 0.15) is 5.75 Å². The van der Waals surface area contributed by atoms with Crippen molar-refractivity contribution < 1.29 is 17.9 Å². The van der Waals surface area contributed by atoms with Gasteiger partial charge in [-0.05, 0) is 30.5 Å². The van der Waals surface area contributed by atoms with Crippen LogP contribution in [0.15, 0.2) is 41.8 Å². The van der Waals surface area contributed by atoms with Gasteiger partial charge >= 0.3 is 6.03 Å². The lowest BCUT2D eigenvalue weighted by Gasteiger charge is -2.22. The van der Waals surface area contributed by atoms with Gasteiger partial charge in [0.05, 0.1) is 19.6 Å². The van der Waals surface area contributed by atoms with Gasteiger partial charge in [-0.3, -0.25) is 0 Å². The number of ether oxygens (including phenoxy) is 1. The maximum absolute atomic E-state index is 12.6. The third kappa shape index (κ3) is 4.82. The Morgan fingerprint density at radius 2 is 2.00 bits per heavy atom. The predicted octanol–water partition coefficient (Wildman–Crippen LogP) is 1.07. The van der Waals surface area contributed by atoms with Crippen LogP contribution in [0.25, 0.3) is 0 Å². The average molecular weight is 407 g/mol. The Morgan fingerprint density at radius 3 is 2.68 bits per heavy atom. The minimum absolute atomic E-state index is 0.0740. The van der Waals surface area contributed by atoms with Gasteiger partial charge in [-0.2, -0.15) is 4.31 Å². The van der Waals surface area contributed by atoms with Gasteiger partial charge < -0.3 is 19.9 Å². The van der Waals surface area contributed by atoms with Crippen LogP contribution in [0.5, 0.6) is 5.75 Å². The molecule has 1 aliphatic heterocycles. The molecule has 0 radical (unpaired) electrons. The number of urea groups is 1. The summed E-state index contributed by atoms with van der Waals surface area (Å²) in [5.41, 5.74) is 1.11. The third-order valence-corrected chi connectivity index (χ3v) is 6.51. The van der Waals surface area contributed by atoms with Gasteiger partial charge in [-0.25, -0.2) is 18.2 Å². The molecule has 2 aromatic rings. The lowest BCUT2D eigenvalue weighted by atomic mass is 10.1. The Hall–Kier alpha value is -2.59. The molecule has 152 valence electrons. The molecule has 0 unspecified atom stereocenters. The zero-order chi connectivity index (χ0) is 20.0. The number of imidazole rings is 1. The van der Waals surface area contributed by atoms with Crippen molar-refractivity contribution in [3.05, 3.63) is 42.4 Å². The number of H-pyrrole nitrogens is 1. The molecule has 1 aliphatic rings. The van der Waals surface area contributed by atoms with Crippen LogP contribution < -0.4 is 10.1 Å². The van der Waals surface area contributed by atoms with E-state index in [-0.39, 0.29) is 17.6 Å². The van der Waals surface area contributed by atoms with Crippen molar-refractivity contribution in [2.45, 2.75) is 17.9 Å². The fraction of sp³-hybridized carbons (Fsp3) is 0.444. The number of hydrogen-bond acceptors (Lipinski definition) is 5. The van der Waals surface area contributed by atoms with Crippen LogP contribution in [0.3, 0.4) is 0 Å². The highest BCUT2D eigenvalue weighted by atomic mass is 32.2. The molecule has 0 spiro atoms. The summed E-state index contributed by atoms with van der Waals surface area (Å²) < 4.78 is 31.7. The highest BCUT2D eigenvalue weighted by Crippen LogP contribution is 2.15. The van der Waals surface area contributed by atoms with Crippen LogP contribution in [0.1, 0.15) is 12.0 Å². The van der Waals surface area contributed by atoms with E-state index in [9.17, 15) is 13.2 Å². The van der Waals surface area contributed by atoms with Gasteiger partial charge in [0.15, 0.2) is 5.03 Å². The number of aromatic amines is 1. The molecule has 28 heavy (non-hydrogen) atoms. The summed E-state index contributed by atoms with van der Waals surface area (Å²) in [5, 5.41) is 2.98. The second-order valence-electron chi connectivity index (χ2n) is 6.49. The van der Waals surface area contributed by atoms with E-state index in [1.54, 1.807) is 12.0 Å². The summed E-state index contributed by atoms with van der Waals surface area (Å²) in [7, 11) is -1.98. The molecule has 1 aromatic carbocycles. The zero-order valence-corrected chi connectivity index (χ0v) is 16.6. The topological polar surface area (TPSA) is 108 Å². The lowest BCUT2D eigenvalue weighted by Crippen LogP contribution is -2.43. The van der Waals surface area contributed by atoms with E-state index >= 15 is 0 Å². The quantitative estimate of drug-likeness (QED) is 0.745. The normalized spacial score (nSPS) is 15.8. The van der Waals surface area contributed by atoms with Gasteiger partial charge in [0, 0.05) is 32.7 Å². The molecule has 1 fully saturated rings. The zero-order valence-electron chi connectivity index (χ0n) is 15.8. The van der Waals surface area contributed by atoms with Gasteiger partial charge in [0.2, 0.25) is 0 Å². The third-order valence-electron chi connectivity index (χ3n) is 4.68. The first-order valence-electron chi connectivity index (χ1n) is 9.15. The van der Waals surface area contributed by atoms with Crippen LogP contribution in [0.2, 0.25) is 0 Å². The highest BCUT2D eigenvalue weighted by molar-refractivity contribution is 7.89. The predicted molar refractivity (Wildman–Crippen MR) is 104 cm³/mol. The molecule has 0 saturated carbocycles. The number of nitrogens with one attached hydrogen (secondary N) is 2. The van der Waals surface area contributed by atoms with Crippen molar-refractivity contribution in [3.63, 3.8) is 0 Å². The van der Waals surface area contributed by atoms with Crippen molar-refractivity contribution in [3.8, 4) is 5.75 Å². The Bertz CT molecular complexity index is 868. The molecule has 10 heteroatoms. The summed E-state index contributed by atoms with van der Waals surface area (Å²) in [5.74, 6) is 0.798. The summed E-state index contributed by atoms with van der Waals surface area (Å²) in [6.07, 6.45) is 3.93. The summed E-state index contributed by atoms with van der Waals surface area (Å²) in [6.45, 7) is 2.01. The maximum Gasteiger partial charge on any atom is 0.317 e. The Morgan fingerprint density at radius 1 is 1.21 bits per heavy atom. The van der Waals surface area contributed by atoms with Crippen LogP contribution in [0.4, 0.5) is 4.79 Å². The molecule has 9 nitrogen and oxygen atoms in total. The molecular formula is C18H25N5O4S. The highest BCUT2D eigenvalue weighted by Gasteiger charge is 2.29. The van der Waals surface area contributed by atoms with Gasteiger partial charge in [-0.1, -0.05) is 12.1 Å². The van der Waals surface area contributed by atoms with E-state index in [2.05, 4.69) is 15.3 Å². The SMILES string of the molecule is COc1ccc(CCNC(=O)N2CCCN(S(=O)(=O)c3cnc[nH]3)CC2)cc1. The molecule has 2 heterocycles. The standard InChI is InChI=1S/C18H25N5O4S/c1-27-16-5-3-15(4-6-16)7-8-20-18(24)22-9-2-10-23(12-11-22)28(25,26)17-13-19-14-21-17/h3-6,13-14H,2,7-12H2,1H3,(H,19,21)(H,20,24). The Kier molecular flexibility index (Phi) is 6.53. The van der Waals surface area contributed by atoms with Crippen molar-refractivity contribution in [2.24, 2.45) is 0 Å². The number of sulfonamides is 1. The molecule has 0 atom stereocenters. The van der Waals surface area contributed by atoms with E-state index in [0.29, 0.717) is 39.0 Å². The van der Waals surface area contributed by atoms with Crippen LogP contribution in [0, 0.1) is 0 Å². The number of carbonyl (C=O) groups excluding carboxylic acids is 1. The largest absolute Gasteiger partial charge is 0.497 e. The second kappa shape index (κ2) is 9.07. The fourth-order valence-corrected chi connectivity index (χ4v) is 4.44. The number of benzene rings is 1. The minimum Gasteiger partial charge on any atom is -0.497 e. The van der Waals surface area contributed by atoms with Crippen molar-refractivity contribution in [2.75, 3.05) is 39.8 Å². The molecule has 0 aliphatic carbocycles. The second-order valence-corrected chi connectivity index (χ2v) is 8.40. The summed E-state index contributed by atoms with van der Waals surface area (Å²) >= 11 is 0. The number of nitrogens with zero attached hydrogens (tertiary/aromatic N) is 3. The molecule has 1 saturated heterocycles. The number of hydrogen-bond donors (Lipinski definition) is 2. The number of methoxy groups -OCH3 is 1. The van der Waals surface area contributed by atoms with E-state index in [4.69, 9.17) is 4.74 Å². The first kappa shape index (κ1) is 20.2. The molecular weight excluding hydrogens is 382 g/mol. The molecule has 2 amide bonds. The Labute approximate surface area is 164 Å². The lowest BCUT2D eigenvalue weighted by molar-refractivity contribution is 0.200. The summed E-state index contributed by atoms with van der Waals surface area (Å²) in [4.78, 5) is 20.5. The van der Waals surface area contributed by atoms with E-state index < -0.39 is 10.0 Å². The van der Waals surface area contributed by atoms with E-state index in [0.717, 1.165) is 11.3 Å². The van der Waals surface area contributed by atoms with Crippen LogP contribution in [-0.2, 0) is 16.4 Å². The summed E-state index contributed by atoms with van der Waals surface area (Å²) in [6, 6.07) is 7.54. The van der Waals surface area contributed by atoms with Crippen LogP contribution >= 0.6 is 0 Å². The Balaban J connectivity index is 1.48. The number of aromatic nitrogens is 2. The number of rotatable bonds is 6. The van der Waals surface area contributed by atoms with Gasteiger partial charge in [0.25, 0.3) is 10.0 Å². The average Bonchev–Trinajstić information content (AvgIpc) is 3.13. The van der Waals surface area contributed by atoms with Crippen molar-refractivity contribution >= 4 is 16.1 Å². The van der Waals surface area contributed by atoms with Crippen molar-refractivity contribution in [1.29, 1.82) is 0 Å². The smallest absolute Gasteiger partial charge is 0.317 e.